The lowest BCUT2D eigenvalue weighted by molar-refractivity contribution is -0.347. The highest BCUT2D eigenvalue weighted by molar-refractivity contribution is 5.27. The van der Waals surface area contributed by atoms with Gasteiger partial charge in [0.05, 0.1) is 65.6 Å². The van der Waals surface area contributed by atoms with Crippen LogP contribution in [0.1, 0.15) is 52.9 Å². The normalized spacial score (nSPS) is 28.1. The van der Waals surface area contributed by atoms with Gasteiger partial charge in [-0.2, -0.15) is 0 Å². The second kappa shape index (κ2) is 22.0. The summed E-state index contributed by atoms with van der Waals surface area (Å²) in [6.45, 7) is 6.05. The van der Waals surface area contributed by atoms with Crippen molar-refractivity contribution in [3.8, 4) is 0 Å². The molecule has 10 atom stereocenters. The standard InChI is InChI=1S/C54H59N3O11/c1-54(2)67-51-49(62-32-40-23-13-6-14-24-40)47(66-53(51)68-54)45-36-59-33-42-26-16-15-25-41(42)27-57-28-43(55-56-57)34-63-50-48(61-31-39-21-11-5-12-22-39)46(60-30-38-19-9-4-10-20-38)44(64-52(50)65-45)35-58-29-37-17-7-3-8-18-37/h3-26,28,44-53H,27,29-36H2,1-2H3/t44-,45-,46-,47-,48+,49+,50-,51-,52+,53-/m1/s1. The fraction of sp³-hybridized carbons (Fsp3) is 0.407. The van der Waals surface area contributed by atoms with Gasteiger partial charge >= 0.3 is 0 Å². The van der Waals surface area contributed by atoms with Gasteiger partial charge in [-0.05, 0) is 47.2 Å². The molecule has 2 bridgehead atoms. The van der Waals surface area contributed by atoms with E-state index in [0.717, 1.165) is 33.4 Å². The van der Waals surface area contributed by atoms with Crippen LogP contribution in [-0.4, -0.2) is 95.4 Å². The highest BCUT2D eigenvalue weighted by Gasteiger charge is 2.59. The van der Waals surface area contributed by atoms with Crippen molar-refractivity contribution in [1.82, 2.24) is 15.0 Å². The fourth-order valence-electron chi connectivity index (χ4n) is 9.21. The highest BCUT2D eigenvalue weighted by Crippen LogP contribution is 2.42. The summed E-state index contributed by atoms with van der Waals surface area (Å²) in [4.78, 5) is 0. The Labute approximate surface area is 397 Å². The second-order valence-electron chi connectivity index (χ2n) is 18.0. The van der Waals surface area contributed by atoms with Gasteiger partial charge in [0, 0.05) is 0 Å². The van der Waals surface area contributed by atoms with E-state index in [2.05, 4.69) is 22.4 Å². The summed E-state index contributed by atoms with van der Waals surface area (Å²) >= 11 is 0. The number of fused-ring (bicyclic) bond motifs is 5. The van der Waals surface area contributed by atoms with Crippen molar-refractivity contribution in [2.75, 3.05) is 13.2 Å². The third-order valence-corrected chi connectivity index (χ3v) is 12.5. The number of aromatic nitrogens is 3. The molecule has 10 rings (SSSR count). The van der Waals surface area contributed by atoms with E-state index in [1.807, 2.05) is 158 Å². The smallest absolute Gasteiger partial charge is 0.190 e. The Bertz CT molecular complexity index is 2460. The van der Waals surface area contributed by atoms with Crippen LogP contribution in [0.2, 0.25) is 0 Å². The molecule has 6 aromatic rings. The number of ether oxygens (including phenoxy) is 11. The van der Waals surface area contributed by atoms with Crippen LogP contribution < -0.4 is 0 Å². The van der Waals surface area contributed by atoms with E-state index in [1.165, 1.54) is 0 Å². The predicted octanol–water partition coefficient (Wildman–Crippen LogP) is 7.70. The maximum Gasteiger partial charge on any atom is 0.190 e. The van der Waals surface area contributed by atoms with Crippen LogP contribution in [0.5, 0.6) is 0 Å². The molecule has 0 amide bonds. The number of hydrogen-bond donors (Lipinski definition) is 0. The molecule has 68 heavy (non-hydrogen) atoms. The average molecular weight is 926 g/mol. The Morgan fingerprint density at radius 2 is 1.13 bits per heavy atom. The molecule has 356 valence electrons. The third-order valence-electron chi connectivity index (χ3n) is 12.5. The van der Waals surface area contributed by atoms with Crippen molar-refractivity contribution in [3.63, 3.8) is 0 Å². The van der Waals surface area contributed by atoms with Gasteiger partial charge in [-0.15, -0.1) is 5.10 Å². The van der Waals surface area contributed by atoms with E-state index < -0.39 is 67.2 Å². The molecule has 0 radical (unpaired) electrons. The number of hydrogen-bond acceptors (Lipinski definition) is 13. The van der Waals surface area contributed by atoms with Crippen molar-refractivity contribution < 1.29 is 52.1 Å². The first-order chi connectivity index (χ1) is 33.4. The quantitative estimate of drug-likeness (QED) is 0.106. The first-order valence-electron chi connectivity index (χ1n) is 23.5. The van der Waals surface area contributed by atoms with Crippen LogP contribution in [0.15, 0.2) is 152 Å². The molecule has 14 heteroatoms. The van der Waals surface area contributed by atoms with E-state index in [-0.39, 0.29) is 39.6 Å². The van der Waals surface area contributed by atoms with Crippen LogP contribution in [-0.2, 0) is 98.3 Å². The molecule has 0 saturated carbocycles. The largest absolute Gasteiger partial charge is 0.374 e. The average Bonchev–Trinajstić information content (AvgIpc) is 4.04. The molecule has 0 unspecified atom stereocenters. The van der Waals surface area contributed by atoms with Crippen LogP contribution in [0, 0.1) is 0 Å². The fourth-order valence-corrected chi connectivity index (χ4v) is 9.21. The predicted molar refractivity (Wildman–Crippen MR) is 247 cm³/mol. The van der Waals surface area contributed by atoms with Crippen LogP contribution >= 0.6 is 0 Å². The Morgan fingerprint density at radius 1 is 0.559 bits per heavy atom. The summed E-state index contributed by atoms with van der Waals surface area (Å²) in [6, 6.07) is 48.3. The van der Waals surface area contributed by atoms with Gasteiger partial charge in [0.25, 0.3) is 0 Å². The zero-order valence-corrected chi connectivity index (χ0v) is 38.4. The first-order valence-corrected chi connectivity index (χ1v) is 23.5. The summed E-state index contributed by atoms with van der Waals surface area (Å²) < 4.78 is 76.8. The summed E-state index contributed by atoms with van der Waals surface area (Å²) in [7, 11) is 0. The van der Waals surface area contributed by atoms with Crippen molar-refractivity contribution in [3.05, 3.63) is 191 Å². The molecule has 4 aliphatic rings. The third kappa shape index (κ3) is 11.6. The molecule has 0 aliphatic carbocycles. The topological polar surface area (TPSA) is 132 Å². The molecular formula is C54H59N3O11. The summed E-state index contributed by atoms with van der Waals surface area (Å²) in [5, 5.41) is 9.01. The second-order valence-corrected chi connectivity index (χ2v) is 18.0. The van der Waals surface area contributed by atoms with E-state index in [4.69, 9.17) is 52.1 Å². The monoisotopic (exact) mass is 925 g/mol. The molecule has 0 N–H and O–H groups in total. The lowest BCUT2D eigenvalue weighted by atomic mass is 9.97. The van der Waals surface area contributed by atoms with E-state index in [0.29, 0.717) is 25.5 Å². The SMILES string of the molecule is CC1(C)O[C@H]2O[C@H]([C@H]3COCc4ccccc4Cn4cc(nn4)CO[C@H]4[C@@H](O[C@H](COCc5ccccc5)[C@@H](OCc5ccccc5)[C@@H]4OCc4ccccc4)O3)[C@H](OCc3ccccc3)[C@H]2O1. The summed E-state index contributed by atoms with van der Waals surface area (Å²) in [5.41, 5.74) is 6.67. The molecule has 14 nitrogen and oxygen atoms in total. The zero-order valence-electron chi connectivity index (χ0n) is 38.4. The van der Waals surface area contributed by atoms with Gasteiger partial charge in [-0.1, -0.05) is 151 Å². The first kappa shape index (κ1) is 46.5. The Hall–Kier alpha value is -5.20. The highest BCUT2D eigenvalue weighted by atomic mass is 16.8. The maximum absolute atomic E-state index is 7.31. The number of rotatable bonds is 14. The summed E-state index contributed by atoms with van der Waals surface area (Å²) in [5.74, 6) is -0.893. The van der Waals surface area contributed by atoms with Gasteiger partial charge < -0.3 is 52.1 Å². The molecule has 5 aromatic carbocycles. The maximum atomic E-state index is 7.31. The minimum absolute atomic E-state index is 0.0755. The van der Waals surface area contributed by atoms with Crippen LogP contribution in [0.4, 0.5) is 0 Å². The minimum Gasteiger partial charge on any atom is -0.374 e. The molecule has 1 aromatic heterocycles. The lowest BCUT2D eigenvalue weighted by Gasteiger charge is -2.47. The molecular weight excluding hydrogens is 867 g/mol. The van der Waals surface area contributed by atoms with E-state index >= 15 is 0 Å². The molecule has 3 fully saturated rings. The Morgan fingerprint density at radius 3 is 1.78 bits per heavy atom. The lowest BCUT2D eigenvalue weighted by Crippen LogP contribution is -2.63. The summed E-state index contributed by atoms with van der Waals surface area (Å²) in [6.07, 6.45) is -5.63. The molecule has 3 saturated heterocycles. The van der Waals surface area contributed by atoms with Gasteiger partial charge in [0.15, 0.2) is 18.4 Å². The molecule has 4 aliphatic heterocycles. The zero-order chi connectivity index (χ0) is 46.1. The Kier molecular flexibility index (Phi) is 15.1. The number of benzene rings is 5. The number of nitrogens with zero attached hydrogens (tertiary/aromatic N) is 3. The van der Waals surface area contributed by atoms with Gasteiger partial charge in [-0.25, -0.2) is 4.68 Å². The molecule has 5 heterocycles. The van der Waals surface area contributed by atoms with E-state index in [9.17, 15) is 0 Å². The van der Waals surface area contributed by atoms with E-state index in [1.54, 1.807) is 0 Å². The van der Waals surface area contributed by atoms with Gasteiger partial charge in [-0.3, -0.25) is 0 Å². The van der Waals surface area contributed by atoms with Crippen molar-refractivity contribution in [2.24, 2.45) is 0 Å². The van der Waals surface area contributed by atoms with Crippen molar-refractivity contribution >= 4 is 0 Å². The van der Waals surface area contributed by atoms with Crippen molar-refractivity contribution in [1.29, 1.82) is 0 Å². The van der Waals surface area contributed by atoms with Gasteiger partial charge in [0.2, 0.25) is 0 Å². The van der Waals surface area contributed by atoms with Gasteiger partial charge in [0.1, 0.15) is 54.5 Å². The van der Waals surface area contributed by atoms with Crippen LogP contribution in [0.25, 0.3) is 0 Å². The van der Waals surface area contributed by atoms with Crippen molar-refractivity contribution in [2.45, 2.75) is 127 Å². The van der Waals surface area contributed by atoms with Crippen LogP contribution in [0.3, 0.4) is 0 Å². The molecule has 0 spiro atoms. The minimum atomic E-state index is -1.07. The Balaban J connectivity index is 1.03.